The van der Waals surface area contributed by atoms with Crippen LogP contribution in [0, 0.1) is 12.7 Å². The highest BCUT2D eigenvalue weighted by atomic mass is 35.5. The minimum atomic E-state index is -0.342. The van der Waals surface area contributed by atoms with E-state index in [4.69, 9.17) is 26.1 Å². The molecule has 0 fully saturated rings. The average Bonchev–Trinajstić information content (AvgIpc) is 2.96. The van der Waals surface area contributed by atoms with Crippen LogP contribution < -0.4 is 15.0 Å². The molecule has 0 aliphatic heterocycles. The predicted molar refractivity (Wildman–Crippen MR) is 162 cm³/mol. The van der Waals surface area contributed by atoms with Crippen molar-refractivity contribution in [1.29, 1.82) is 0 Å². The molecule has 0 radical (unpaired) electrons. The summed E-state index contributed by atoms with van der Waals surface area (Å²) in [6.07, 6.45) is 1.55. The van der Waals surface area contributed by atoms with E-state index in [1.54, 1.807) is 61.9 Å². The zero-order valence-corrected chi connectivity index (χ0v) is 23.9. The number of methoxy groups -OCH3 is 1. The number of hydrogen-bond donors (Lipinski definition) is 0. The van der Waals surface area contributed by atoms with Crippen LogP contribution in [-0.4, -0.2) is 23.0 Å². The summed E-state index contributed by atoms with van der Waals surface area (Å²) in [5.41, 5.74) is 4.05. The molecule has 0 amide bonds. The molecule has 5 aromatic rings. The van der Waals surface area contributed by atoms with Crippen molar-refractivity contribution in [2.45, 2.75) is 33.3 Å². The van der Waals surface area contributed by atoms with Gasteiger partial charge >= 0.3 is 0 Å². The summed E-state index contributed by atoms with van der Waals surface area (Å²) in [4.78, 5) is 18.5. The summed E-state index contributed by atoms with van der Waals surface area (Å²) in [5.74, 6) is 1.46. The highest BCUT2D eigenvalue weighted by Gasteiger charge is 2.18. The van der Waals surface area contributed by atoms with Gasteiger partial charge in [-0.1, -0.05) is 55.8 Å². The summed E-state index contributed by atoms with van der Waals surface area (Å²) < 4.78 is 26.6. The molecule has 0 N–H and O–H groups in total. The second-order valence-corrected chi connectivity index (χ2v) is 10.4. The van der Waals surface area contributed by atoms with E-state index in [0.717, 1.165) is 22.4 Å². The third kappa shape index (κ3) is 5.86. The first-order valence-corrected chi connectivity index (χ1v) is 13.6. The van der Waals surface area contributed by atoms with E-state index >= 15 is 0 Å². The number of fused-ring (bicyclic) bond motifs is 1. The monoisotopic (exact) mass is 569 g/mol. The SMILES string of the molecule is COc1cc(C)c(-c2nc3ccccc3c(=O)n2N=Cc2ccc(OCc3ccccc3F)c(Cl)c2)cc1C(C)C. The van der Waals surface area contributed by atoms with Gasteiger partial charge in [0.1, 0.15) is 23.9 Å². The van der Waals surface area contributed by atoms with E-state index < -0.39 is 0 Å². The highest BCUT2D eigenvalue weighted by molar-refractivity contribution is 6.32. The third-order valence-corrected chi connectivity index (χ3v) is 7.11. The van der Waals surface area contributed by atoms with Crippen LogP contribution in [0.3, 0.4) is 0 Å². The van der Waals surface area contributed by atoms with Crippen LogP contribution in [0.4, 0.5) is 4.39 Å². The molecular formula is C33H29ClFN3O3. The van der Waals surface area contributed by atoms with E-state index in [-0.39, 0.29) is 23.9 Å². The molecule has 0 unspecified atom stereocenters. The lowest BCUT2D eigenvalue weighted by molar-refractivity contribution is 0.300. The van der Waals surface area contributed by atoms with E-state index in [9.17, 15) is 9.18 Å². The first-order valence-electron chi connectivity index (χ1n) is 13.2. The quantitative estimate of drug-likeness (QED) is 0.179. The Labute approximate surface area is 242 Å². The van der Waals surface area contributed by atoms with Gasteiger partial charge in [0.05, 0.1) is 29.2 Å². The van der Waals surface area contributed by atoms with Gasteiger partial charge in [0, 0.05) is 11.1 Å². The molecule has 208 valence electrons. The van der Waals surface area contributed by atoms with E-state index in [1.165, 1.54) is 10.7 Å². The van der Waals surface area contributed by atoms with Crippen LogP contribution in [0.5, 0.6) is 11.5 Å². The molecule has 6 nitrogen and oxygen atoms in total. The number of hydrogen-bond acceptors (Lipinski definition) is 5. The van der Waals surface area contributed by atoms with Gasteiger partial charge in [-0.25, -0.2) is 9.37 Å². The number of nitrogens with zero attached hydrogens (tertiary/aromatic N) is 3. The lowest BCUT2D eigenvalue weighted by Gasteiger charge is -2.17. The molecule has 0 bridgehead atoms. The molecule has 0 aliphatic carbocycles. The maximum atomic E-state index is 14.0. The van der Waals surface area contributed by atoms with Crippen LogP contribution in [-0.2, 0) is 6.61 Å². The fourth-order valence-corrected chi connectivity index (χ4v) is 4.83. The van der Waals surface area contributed by atoms with Crippen molar-refractivity contribution in [3.05, 3.63) is 122 Å². The average molecular weight is 570 g/mol. The second-order valence-electron chi connectivity index (χ2n) is 9.95. The van der Waals surface area contributed by atoms with E-state index in [1.807, 2.05) is 31.2 Å². The number of rotatable bonds is 8. The molecule has 0 atom stereocenters. The first kappa shape index (κ1) is 28.1. The molecule has 4 aromatic carbocycles. The van der Waals surface area contributed by atoms with Crippen molar-refractivity contribution < 1.29 is 13.9 Å². The van der Waals surface area contributed by atoms with Crippen LogP contribution in [0.15, 0.2) is 88.8 Å². The Morgan fingerprint density at radius 2 is 1.78 bits per heavy atom. The Kier molecular flexibility index (Phi) is 8.17. The third-order valence-electron chi connectivity index (χ3n) is 6.81. The zero-order valence-electron chi connectivity index (χ0n) is 23.2. The zero-order chi connectivity index (χ0) is 29.1. The fraction of sp³-hybridized carbons (Fsp3) is 0.182. The Bertz CT molecular complexity index is 1830. The molecule has 0 aliphatic rings. The largest absolute Gasteiger partial charge is 0.496 e. The van der Waals surface area contributed by atoms with Gasteiger partial charge in [-0.15, -0.1) is 0 Å². The molecule has 8 heteroatoms. The lowest BCUT2D eigenvalue weighted by atomic mass is 9.96. The van der Waals surface area contributed by atoms with Gasteiger partial charge in [-0.2, -0.15) is 9.78 Å². The van der Waals surface area contributed by atoms with Gasteiger partial charge < -0.3 is 9.47 Å². The van der Waals surface area contributed by atoms with Crippen LogP contribution >= 0.6 is 11.6 Å². The van der Waals surface area contributed by atoms with Crippen LogP contribution in [0.1, 0.15) is 42.0 Å². The first-order chi connectivity index (χ1) is 19.8. The number of aryl methyl sites for hydroxylation is 1. The van der Waals surface area contributed by atoms with Gasteiger partial charge in [-0.05, 0) is 78.1 Å². The standard InChI is InChI=1S/C33H29ClFN3O3/c1-20(2)25-17-26(21(3)15-31(25)40-4)32-37-29-12-8-6-10-24(29)33(39)38(32)36-18-22-13-14-30(27(34)16-22)41-19-23-9-5-7-11-28(23)35/h5-18,20H,19H2,1-4H3. The molecule has 0 saturated carbocycles. The van der Waals surface area contributed by atoms with Gasteiger partial charge in [0.15, 0.2) is 5.82 Å². The Morgan fingerprint density at radius 3 is 2.51 bits per heavy atom. The van der Waals surface area contributed by atoms with Crippen molar-refractivity contribution in [2.24, 2.45) is 5.10 Å². The van der Waals surface area contributed by atoms with E-state index in [2.05, 4.69) is 18.9 Å². The summed E-state index contributed by atoms with van der Waals surface area (Å²) in [6, 6.07) is 22.7. The normalized spacial score (nSPS) is 11.5. The predicted octanol–water partition coefficient (Wildman–Crippen LogP) is 7.76. The molecule has 1 heterocycles. The maximum absolute atomic E-state index is 14.0. The number of para-hydroxylation sites is 1. The van der Waals surface area contributed by atoms with Crippen molar-refractivity contribution >= 4 is 28.7 Å². The van der Waals surface area contributed by atoms with Crippen molar-refractivity contribution in [3.8, 4) is 22.9 Å². The van der Waals surface area contributed by atoms with Gasteiger partial charge in [0.25, 0.3) is 5.56 Å². The van der Waals surface area contributed by atoms with Gasteiger partial charge in [-0.3, -0.25) is 4.79 Å². The Hall–Kier alpha value is -4.49. The number of ether oxygens (including phenoxy) is 2. The Balaban J connectivity index is 1.54. The Morgan fingerprint density at radius 1 is 1.02 bits per heavy atom. The van der Waals surface area contributed by atoms with Crippen molar-refractivity contribution in [1.82, 2.24) is 9.66 Å². The van der Waals surface area contributed by atoms with Gasteiger partial charge in [0.2, 0.25) is 0 Å². The fourth-order valence-electron chi connectivity index (χ4n) is 4.58. The van der Waals surface area contributed by atoms with Crippen LogP contribution in [0.25, 0.3) is 22.3 Å². The summed E-state index contributed by atoms with van der Waals surface area (Å²) >= 11 is 6.48. The smallest absolute Gasteiger partial charge is 0.282 e. The lowest BCUT2D eigenvalue weighted by Crippen LogP contribution is -2.20. The minimum absolute atomic E-state index is 0.0426. The molecule has 0 spiro atoms. The molecule has 5 rings (SSSR count). The molecule has 41 heavy (non-hydrogen) atoms. The maximum Gasteiger partial charge on any atom is 0.282 e. The van der Waals surface area contributed by atoms with Crippen molar-refractivity contribution in [3.63, 3.8) is 0 Å². The topological polar surface area (TPSA) is 65.7 Å². The number of benzene rings is 4. The number of aromatic nitrogens is 2. The summed E-state index contributed by atoms with van der Waals surface area (Å²) in [7, 11) is 1.65. The number of halogens is 2. The second kappa shape index (κ2) is 11.9. The molecule has 1 aromatic heterocycles. The molecular weight excluding hydrogens is 541 g/mol. The summed E-state index contributed by atoms with van der Waals surface area (Å²) in [6.45, 7) is 6.17. The highest BCUT2D eigenvalue weighted by Crippen LogP contribution is 2.34. The minimum Gasteiger partial charge on any atom is -0.496 e. The summed E-state index contributed by atoms with van der Waals surface area (Å²) in [5, 5.41) is 5.37. The van der Waals surface area contributed by atoms with E-state index in [0.29, 0.717) is 38.6 Å². The molecule has 0 saturated heterocycles. The van der Waals surface area contributed by atoms with Crippen molar-refractivity contribution in [2.75, 3.05) is 7.11 Å². The van der Waals surface area contributed by atoms with Crippen LogP contribution in [0.2, 0.25) is 5.02 Å².